The number of piperazine rings is 1. The van der Waals surface area contributed by atoms with E-state index in [1.54, 1.807) is 0 Å². The molecule has 0 saturated carbocycles. The lowest BCUT2D eigenvalue weighted by atomic mass is 9.92. The fourth-order valence-electron chi connectivity index (χ4n) is 3.30. The number of amides is 2. The summed E-state index contributed by atoms with van der Waals surface area (Å²) in [6.07, 6.45) is 1.85. The van der Waals surface area contributed by atoms with Crippen molar-refractivity contribution in [3.63, 3.8) is 0 Å². The normalized spacial score (nSPS) is 24.9. The van der Waals surface area contributed by atoms with E-state index in [9.17, 15) is 9.59 Å². The molecule has 1 N–H and O–H groups in total. The number of rotatable bonds is 2. The van der Waals surface area contributed by atoms with Crippen molar-refractivity contribution >= 4 is 35.6 Å². The van der Waals surface area contributed by atoms with Gasteiger partial charge in [0, 0.05) is 38.1 Å². The molecule has 0 spiro atoms. The van der Waals surface area contributed by atoms with Crippen molar-refractivity contribution in [1.82, 2.24) is 15.1 Å². The van der Waals surface area contributed by atoms with E-state index in [0.29, 0.717) is 32.2 Å². The molecule has 3 heterocycles. The van der Waals surface area contributed by atoms with Gasteiger partial charge < -0.3 is 15.1 Å². The number of hydrogen-bond acceptors (Lipinski definition) is 4. The van der Waals surface area contributed by atoms with Crippen molar-refractivity contribution in [3.8, 4) is 0 Å². The summed E-state index contributed by atoms with van der Waals surface area (Å²) < 4.78 is 0. The third-order valence-electron chi connectivity index (χ3n) is 4.58. The van der Waals surface area contributed by atoms with Crippen LogP contribution in [0.15, 0.2) is 17.5 Å². The highest BCUT2D eigenvalue weighted by Gasteiger charge is 2.31. The Morgan fingerprint density at radius 2 is 1.91 bits per heavy atom. The van der Waals surface area contributed by atoms with E-state index >= 15 is 0 Å². The number of carbonyl (C=O) groups is 2. The molecule has 1 aromatic rings. The Bertz CT molecular complexity index is 529. The second kappa shape index (κ2) is 8.13. The quantitative estimate of drug-likeness (QED) is 0.878. The third kappa shape index (κ3) is 4.25. The van der Waals surface area contributed by atoms with Crippen LogP contribution in [0.25, 0.3) is 0 Å². The van der Waals surface area contributed by atoms with Gasteiger partial charge in [-0.3, -0.25) is 9.59 Å². The van der Waals surface area contributed by atoms with Crippen molar-refractivity contribution < 1.29 is 9.59 Å². The summed E-state index contributed by atoms with van der Waals surface area (Å²) in [5, 5.41) is 5.31. The fourth-order valence-corrected chi connectivity index (χ4v) is 3.99. The fraction of sp³-hybridized carbons (Fsp3) is 0.625. The zero-order chi connectivity index (χ0) is 15.5. The van der Waals surface area contributed by atoms with Crippen LogP contribution in [0.2, 0.25) is 0 Å². The van der Waals surface area contributed by atoms with Gasteiger partial charge in [-0.1, -0.05) is 6.07 Å². The Kier molecular flexibility index (Phi) is 6.44. The Hall–Kier alpha value is -1.11. The van der Waals surface area contributed by atoms with Gasteiger partial charge in [0.25, 0.3) is 5.91 Å². The van der Waals surface area contributed by atoms with Crippen molar-refractivity contribution in [2.45, 2.75) is 25.8 Å². The zero-order valence-corrected chi connectivity index (χ0v) is 15.0. The number of nitrogens with one attached hydrogen (secondary N) is 1. The molecule has 128 valence electrons. The van der Waals surface area contributed by atoms with Crippen LogP contribution in [0.3, 0.4) is 0 Å². The molecule has 2 aliphatic heterocycles. The van der Waals surface area contributed by atoms with Crippen LogP contribution in [0.4, 0.5) is 0 Å². The van der Waals surface area contributed by atoms with Gasteiger partial charge in [0.1, 0.15) is 0 Å². The predicted octanol–water partition coefficient (Wildman–Crippen LogP) is 1.84. The van der Waals surface area contributed by atoms with E-state index in [0.717, 1.165) is 24.3 Å². The van der Waals surface area contributed by atoms with Crippen molar-refractivity contribution in [2.24, 2.45) is 5.92 Å². The van der Waals surface area contributed by atoms with E-state index in [1.165, 1.54) is 11.3 Å². The van der Waals surface area contributed by atoms with Gasteiger partial charge in [0.2, 0.25) is 5.91 Å². The first-order valence-corrected chi connectivity index (χ1v) is 8.88. The van der Waals surface area contributed by atoms with Crippen LogP contribution in [0, 0.1) is 5.92 Å². The van der Waals surface area contributed by atoms with E-state index in [2.05, 4.69) is 12.2 Å². The SMILES string of the molecule is C[C@H]1C[C@@H](C(=O)N2CCN(C(=O)c3cccs3)CC2)CCN1.Cl. The van der Waals surface area contributed by atoms with Gasteiger partial charge >= 0.3 is 0 Å². The van der Waals surface area contributed by atoms with Crippen LogP contribution < -0.4 is 5.32 Å². The molecule has 23 heavy (non-hydrogen) atoms. The van der Waals surface area contributed by atoms with Gasteiger partial charge in [-0.05, 0) is 37.8 Å². The first-order chi connectivity index (χ1) is 10.6. The van der Waals surface area contributed by atoms with E-state index in [4.69, 9.17) is 0 Å². The summed E-state index contributed by atoms with van der Waals surface area (Å²) in [6, 6.07) is 4.18. The van der Waals surface area contributed by atoms with E-state index < -0.39 is 0 Å². The number of thiophene rings is 1. The minimum absolute atomic E-state index is 0. The summed E-state index contributed by atoms with van der Waals surface area (Å²) in [5.74, 6) is 0.518. The molecular weight excluding hydrogens is 334 g/mol. The topological polar surface area (TPSA) is 52.7 Å². The lowest BCUT2D eigenvalue weighted by Crippen LogP contribution is -2.53. The molecule has 2 atom stereocenters. The van der Waals surface area contributed by atoms with Crippen LogP contribution in [0.5, 0.6) is 0 Å². The Balaban J connectivity index is 0.00000192. The standard InChI is InChI=1S/C16H23N3O2S.ClH/c1-12-11-13(4-5-17-12)15(20)18-6-8-19(9-7-18)16(21)14-3-2-10-22-14;/h2-3,10,12-13,17H,4-9,11H2,1H3;1H/t12-,13-;/m0./s1. The monoisotopic (exact) mass is 357 g/mol. The van der Waals surface area contributed by atoms with E-state index in [-0.39, 0.29) is 30.1 Å². The summed E-state index contributed by atoms with van der Waals surface area (Å²) in [7, 11) is 0. The molecule has 7 heteroatoms. The maximum Gasteiger partial charge on any atom is 0.264 e. The second-order valence-electron chi connectivity index (χ2n) is 6.17. The molecule has 0 radical (unpaired) electrons. The molecule has 0 bridgehead atoms. The summed E-state index contributed by atoms with van der Waals surface area (Å²) >= 11 is 1.48. The molecule has 0 aromatic carbocycles. The average Bonchev–Trinajstić information content (AvgIpc) is 3.08. The highest BCUT2D eigenvalue weighted by atomic mass is 35.5. The molecule has 0 aliphatic carbocycles. The number of carbonyl (C=O) groups excluding carboxylic acids is 2. The number of hydrogen-bond donors (Lipinski definition) is 1. The second-order valence-corrected chi connectivity index (χ2v) is 7.12. The van der Waals surface area contributed by atoms with Gasteiger partial charge in [0.15, 0.2) is 0 Å². The number of nitrogens with zero attached hydrogens (tertiary/aromatic N) is 2. The van der Waals surface area contributed by atoms with Crippen LogP contribution >= 0.6 is 23.7 Å². The van der Waals surface area contributed by atoms with Gasteiger partial charge in [0.05, 0.1) is 4.88 Å². The summed E-state index contributed by atoms with van der Waals surface area (Å²) in [5.41, 5.74) is 0. The largest absolute Gasteiger partial charge is 0.339 e. The molecule has 0 unspecified atom stereocenters. The average molecular weight is 358 g/mol. The first-order valence-electron chi connectivity index (χ1n) is 8.00. The first kappa shape index (κ1) is 18.2. The highest BCUT2D eigenvalue weighted by Crippen LogP contribution is 2.20. The van der Waals surface area contributed by atoms with Crippen molar-refractivity contribution in [3.05, 3.63) is 22.4 Å². The van der Waals surface area contributed by atoms with Crippen LogP contribution in [-0.4, -0.2) is 60.4 Å². The van der Waals surface area contributed by atoms with Crippen LogP contribution in [0.1, 0.15) is 29.4 Å². The lowest BCUT2D eigenvalue weighted by molar-refractivity contribution is -0.138. The maximum atomic E-state index is 12.6. The number of halogens is 1. The Morgan fingerprint density at radius 3 is 2.52 bits per heavy atom. The highest BCUT2D eigenvalue weighted by molar-refractivity contribution is 7.12. The smallest absolute Gasteiger partial charge is 0.264 e. The molecule has 1 aromatic heterocycles. The molecule has 3 rings (SSSR count). The molecule has 5 nitrogen and oxygen atoms in total. The maximum absolute atomic E-state index is 12.6. The molecule has 2 fully saturated rings. The molecule has 2 aliphatic rings. The summed E-state index contributed by atoms with van der Waals surface area (Å²) in [6.45, 7) is 5.67. The van der Waals surface area contributed by atoms with Crippen molar-refractivity contribution in [1.29, 1.82) is 0 Å². The minimum Gasteiger partial charge on any atom is -0.339 e. The Labute approximate surface area is 147 Å². The molecule has 2 saturated heterocycles. The van der Waals surface area contributed by atoms with E-state index in [1.807, 2.05) is 27.3 Å². The number of piperidine rings is 1. The molecule has 2 amide bonds. The van der Waals surface area contributed by atoms with Crippen LogP contribution in [-0.2, 0) is 4.79 Å². The molecular formula is C16H24ClN3O2S. The zero-order valence-electron chi connectivity index (χ0n) is 13.4. The Morgan fingerprint density at radius 1 is 1.22 bits per heavy atom. The van der Waals surface area contributed by atoms with Gasteiger partial charge in [-0.2, -0.15) is 0 Å². The minimum atomic E-state index is 0. The van der Waals surface area contributed by atoms with Gasteiger partial charge in [-0.25, -0.2) is 0 Å². The summed E-state index contributed by atoms with van der Waals surface area (Å²) in [4.78, 5) is 29.5. The third-order valence-corrected chi connectivity index (χ3v) is 5.44. The lowest BCUT2D eigenvalue weighted by Gasteiger charge is -2.37. The van der Waals surface area contributed by atoms with Crippen molar-refractivity contribution in [2.75, 3.05) is 32.7 Å². The van der Waals surface area contributed by atoms with Gasteiger partial charge in [-0.15, -0.1) is 23.7 Å². The predicted molar refractivity (Wildman–Crippen MR) is 94.2 cm³/mol.